The predicted molar refractivity (Wildman–Crippen MR) is 70.1 cm³/mol. The van der Waals surface area contributed by atoms with Crippen LogP contribution in [0.1, 0.15) is 33.5 Å². The molecule has 0 aliphatic heterocycles. The largest absolute Gasteiger partial charge is 0.310 e. The van der Waals surface area contributed by atoms with Crippen molar-refractivity contribution in [3.63, 3.8) is 0 Å². The Labute approximate surface area is 111 Å². The van der Waals surface area contributed by atoms with Crippen molar-refractivity contribution in [3.05, 3.63) is 5.82 Å². The maximum absolute atomic E-state index is 5.35. The molecule has 6 heteroatoms. The van der Waals surface area contributed by atoms with Gasteiger partial charge in [-0.2, -0.15) is 4.80 Å². The van der Waals surface area contributed by atoms with Crippen LogP contribution in [0.3, 0.4) is 0 Å². The summed E-state index contributed by atoms with van der Waals surface area (Å²) in [5.41, 5.74) is 0. The van der Waals surface area contributed by atoms with Gasteiger partial charge in [-0.25, -0.2) is 0 Å². The van der Waals surface area contributed by atoms with Gasteiger partial charge in [-0.1, -0.05) is 27.7 Å². The van der Waals surface area contributed by atoms with Gasteiger partial charge in [-0.05, 0) is 17.0 Å². The van der Waals surface area contributed by atoms with Gasteiger partial charge in [0.25, 0.3) is 0 Å². The van der Waals surface area contributed by atoms with Crippen LogP contribution in [0.25, 0.3) is 0 Å². The molecule has 1 atom stereocenters. The summed E-state index contributed by atoms with van der Waals surface area (Å²) < 4.78 is 5.35. The lowest BCUT2D eigenvalue weighted by molar-refractivity contribution is 0.175. The van der Waals surface area contributed by atoms with E-state index >= 15 is 0 Å². The summed E-state index contributed by atoms with van der Waals surface area (Å²) in [5.74, 6) is 1.81. The number of rotatable bonds is 6. The zero-order valence-electron chi connectivity index (χ0n) is 10.2. The van der Waals surface area contributed by atoms with Crippen molar-refractivity contribution >= 4 is 23.0 Å². The van der Waals surface area contributed by atoms with Crippen molar-refractivity contribution in [2.24, 2.45) is 11.8 Å². The first-order chi connectivity index (χ1) is 7.52. The lowest BCUT2D eigenvalue weighted by Crippen LogP contribution is -2.24. The Balaban J connectivity index is 2.57. The molecular formula is C10H19IN4O. The molecule has 92 valence electrons. The highest BCUT2D eigenvalue weighted by Gasteiger charge is 2.16. The van der Waals surface area contributed by atoms with Crippen LogP contribution in [-0.2, 0) is 16.0 Å². The van der Waals surface area contributed by atoms with Gasteiger partial charge in [0.1, 0.15) is 23.0 Å². The number of hydrogen-bond donors (Lipinski definition) is 0. The molecule has 0 saturated heterocycles. The lowest BCUT2D eigenvalue weighted by atomic mass is 10.1. The summed E-state index contributed by atoms with van der Waals surface area (Å²) in [6, 6.07) is 0. The fourth-order valence-corrected chi connectivity index (χ4v) is 2.05. The Bertz CT molecular complexity index is 314. The minimum atomic E-state index is 0.127. The van der Waals surface area contributed by atoms with Gasteiger partial charge in [0, 0.05) is 6.42 Å². The summed E-state index contributed by atoms with van der Waals surface area (Å²) in [5, 5.41) is 12.4. The summed E-state index contributed by atoms with van der Waals surface area (Å²) in [7, 11) is 0. The Morgan fingerprint density at radius 1 is 1.31 bits per heavy atom. The standard InChI is InChI=1S/C10H19IN4O/c1-7(2)5-10-12-14-15(13-10)6-9(16-11)8(3)4/h7-9H,5-6H2,1-4H3. The van der Waals surface area contributed by atoms with E-state index in [1.807, 2.05) is 23.0 Å². The van der Waals surface area contributed by atoms with E-state index in [-0.39, 0.29) is 6.10 Å². The van der Waals surface area contributed by atoms with Crippen LogP contribution >= 0.6 is 23.0 Å². The Kier molecular flexibility index (Phi) is 5.60. The molecule has 0 aliphatic carbocycles. The fourth-order valence-electron chi connectivity index (χ4n) is 1.30. The molecule has 16 heavy (non-hydrogen) atoms. The summed E-state index contributed by atoms with van der Waals surface area (Å²) >= 11 is 1.93. The van der Waals surface area contributed by atoms with Crippen molar-refractivity contribution in [1.29, 1.82) is 0 Å². The smallest absolute Gasteiger partial charge is 0.175 e. The lowest BCUT2D eigenvalue weighted by Gasteiger charge is -2.15. The first-order valence-corrected chi connectivity index (χ1v) is 6.45. The van der Waals surface area contributed by atoms with E-state index in [9.17, 15) is 0 Å². The summed E-state index contributed by atoms with van der Waals surface area (Å²) in [6.45, 7) is 9.19. The molecule has 0 bridgehead atoms. The minimum Gasteiger partial charge on any atom is -0.310 e. The van der Waals surface area contributed by atoms with E-state index in [4.69, 9.17) is 3.07 Å². The van der Waals surface area contributed by atoms with Gasteiger partial charge < -0.3 is 3.07 Å². The minimum absolute atomic E-state index is 0.127. The number of aromatic nitrogens is 4. The van der Waals surface area contributed by atoms with Crippen LogP contribution in [0, 0.1) is 11.8 Å². The van der Waals surface area contributed by atoms with Gasteiger partial charge in [-0.3, -0.25) is 0 Å². The highest BCUT2D eigenvalue weighted by Crippen LogP contribution is 2.11. The van der Waals surface area contributed by atoms with E-state index in [0.717, 1.165) is 12.2 Å². The fraction of sp³-hybridized carbons (Fsp3) is 0.900. The molecule has 0 N–H and O–H groups in total. The molecule has 0 aliphatic rings. The number of tetrazole rings is 1. The Hall–Kier alpha value is -0.240. The van der Waals surface area contributed by atoms with Crippen LogP contribution in [0.2, 0.25) is 0 Å². The van der Waals surface area contributed by atoms with Crippen molar-refractivity contribution in [2.75, 3.05) is 0 Å². The molecule has 0 aromatic carbocycles. The molecule has 1 unspecified atom stereocenters. The van der Waals surface area contributed by atoms with Crippen LogP contribution in [0.4, 0.5) is 0 Å². The van der Waals surface area contributed by atoms with E-state index in [0.29, 0.717) is 18.4 Å². The van der Waals surface area contributed by atoms with E-state index < -0.39 is 0 Å². The quantitative estimate of drug-likeness (QED) is 0.747. The molecule has 0 radical (unpaired) electrons. The number of halogens is 1. The second-order valence-electron chi connectivity index (χ2n) is 4.73. The monoisotopic (exact) mass is 338 g/mol. The Morgan fingerprint density at radius 3 is 2.50 bits per heavy atom. The van der Waals surface area contributed by atoms with Crippen LogP contribution < -0.4 is 0 Å². The number of nitrogens with zero attached hydrogens (tertiary/aromatic N) is 4. The van der Waals surface area contributed by atoms with Gasteiger partial charge in [-0.15, -0.1) is 10.2 Å². The Morgan fingerprint density at radius 2 is 2.00 bits per heavy atom. The average Bonchev–Trinajstić information content (AvgIpc) is 2.60. The van der Waals surface area contributed by atoms with Gasteiger partial charge in [0.15, 0.2) is 5.82 Å². The zero-order valence-corrected chi connectivity index (χ0v) is 12.4. The molecule has 0 saturated carbocycles. The van der Waals surface area contributed by atoms with Crippen molar-refractivity contribution in [1.82, 2.24) is 20.2 Å². The number of hydrogen-bond acceptors (Lipinski definition) is 4. The third kappa shape index (κ3) is 4.32. The van der Waals surface area contributed by atoms with E-state index in [1.54, 1.807) is 4.80 Å². The SMILES string of the molecule is CC(C)Cc1nnn(CC(OI)C(C)C)n1. The van der Waals surface area contributed by atoms with E-state index in [1.165, 1.54) is 0 Å². The molecule has 0 amide bonds. The maximum Gasteiger partial charge on any atom is 0.175 e. The van der Waals surface area contributed by atoms with Crippen LogP contribution in [0.5, 0.6) is 0 Å². The first-order valence-electron chi connectivity index (χ1n) is 5.57. The molecule has 0 spiro atoms. The highest BCUT2D eigenvalue weighted by molar-refractivity contribution is 14.1. The zero-order chi connectivity index (χ0) is 12.1. The normalized spacial score (nSPS) is 13.7. The molecule has 0 fully saturated rings. The molecule has 1 rings (SSSR count). The molecule has 1 aromatic heterocycles. The molecule has 1 aromatic rings. The second-order valence-corrected chi connectivity index (χ2v) is 5.24. The van der Waals surface area contributed by atoms with Gasteiger partial charge >= 0.3 is 0 Å². The van der Waals surface area contributed by atoms with Crippen LogP contribution in [-0.4, -0.2) is 26.3 Å². The van der Waals surface area contributed by atoms with Crippen LogP contribution in [0.15, 0.2) is 0 Å². The predicted octanol–water partition coefficient (Wildman–Crippen LogP) is 2.26. The maximum atomic E-state index is 5.35. The summed E-state index contributed by atoms with van der Waals surface area (Å²) in [4.78, 5) is 1.63. The van der Waals surface area contributed by atoms with Crippen molar-refractivity contribution < 1.29 is 3.07 Å². The third-order valence-electron chi connectivity index (χ3n) is 2.29. The van der Waals surface area contributed by atoms with Crippen molar-refractivity contribution in [3.8, 4) is 0 Å². The topological polar surface area (TPSA) is 52.8 Å². The van der Waals surface area contributed by atoms with Gasteiger partial charge in [0.05, 0.1) is 12.6 Å². The first kappa shape index (κ1) is 13.8. The molecule has 5 nitrogen and oxygen atoms in total. The third-order valence-corrected chi connectivity index (χ3v) is 2.94. The average molecular weight is 338 g/mol. The van der Waals surface area contributed by atoms with E-state index in [2.05, 4.69) is 43.1 Å². The highest BCUT2D eigenvalue weighted by atomic mass is 127. The molecule has 1 heterocycles. The van der Waals surface area contributed by atoms with Gasteiger partial charge in [0.2, 0.25) is 0 Å². The van der Waals surface area contributed by atoms with Crippen molar-refractivity contribution in [2.45, 2.75) is 46.8 Å². The second kappa shape index (κ2) is 6.48. The summed E-state index contributed by atoms with van der Waals surface area (Å²) in [6.07, 6.45) is 0.999. The molecular weight excluding hydrogens is 319 g/mol.